The van der Waals surface area contributed by atoms with Gasteiger partial charge in [0.05, 0.1) is 18.0 Å². The number of hydrogen-bond donors (Lipinski definition) is 2. The van der Waals surface area contributed by atoms with Gasteiger partial charge in [-0.1, -0.05) is 36.4 Å². The second-order valence-corrected chi connectivity index (χ2v) is 10.2. The summed E-state index contributed by atoms with van der Waals surface area (Å²) < 4.78 is 0. The number of anilines is 2. The van der Waals surface area contributed by atoms with Crippen LogP contribution in [0.25, 0.3) is 11.1 Å². The summed E-state index contributed by atoms with van der Waals surface area (Å²) in [6.45, 7) is 1.80. The van der Waals surface area contributed by atoms with Crippen LogP contribution in [0.1, 0.15) is 29.7 Å². The summed E-state index contributed by atoms with van der Waals surface area (Å²) in [5, 5.41) is 4.80. The quantitative estimate of drug-likeness (QED) is 0.474. The smallest absolute Gasteiger partial charge is 0.256 e. The zero-order valence-electron chi connectivity index (χ0n) is 19.1. The molecule has 4 rings (SSSR count). The number of rotatable bonds is 7. The van der Waals surface area contributed by atoms with Crippen LogP contribution in [-0.4, -0.2) is 35.8 Å². The van der Waals surface area contributed by atoms with Gasteiger partial charge in [-0.05, 0) is 60.1 Å². The first kappa shape index (κ1) is 24.0. The third-order valence-electron chi connectivity index (χ3n) is 5.98. The molecule has 1 aromatic heterocycles. The van der Waals surface area contributed by atoms with E-state index in [1.807, 2.05) is 48.0 Å². The monoisotopic (exact) mass is 493 g/mol. The molecule has 0 saturated carbocycles. The number of nitrogens with zero attached hydrogens (tertiary/aromatic N) is 1. The Bertz CT molecular complexity index is 1210. The predicted octanol–water partition coefficient (Wildman–Crippen LogP) is 4.45. The Balaban J connectivity index is 1.73. The number of fused-ring (bicyclic) bond motifs is 3. The average molecular weight is 494 g/mol. The Morgan fingerprint density at radius 3 is 2.68 bits per heavy atom. The van der Waals surface area contributed by atoms with Gasteiger partial charge in [0.2, 0.25) is 11.8 Å². The lowest BCUT2D eigenvalue weighted by Gasteiger charge is -2.28. The number of imide groups is 1. The van der Waals surface area contributed by atoms with Crippen molar-refractivity contribution in [1.29, 1.82) is 0 Å². The van der Waals surface area contributed by atoms with E-state index in [9.17, 15) is 14.4 Å². The predicted molar refractivity (Wildman–Crippen MR) is 140 cm³/mol. The first-order valence-corrected chi connectivity index (χ1v) is 13.4. The molecule has 176 valence electrons. The van der Waals surface area contributed by atoms with Crippen molar-refractivity contribution < 1.29 is 14.4 Å². The van der Waals surface area contributed by atoms with Gasteiger partial charge in [-0.25, -0.2) is 4.90 Å². The lowest BCUT2D eigenvalue weighted by Crippen LogP contribution is -2.52. The van der Waals surface area contributed by atoms with E-state index < -0.39 is 17.9 Å². The number of hydrogen-bond acceptors (Lipinski definition) is 6. The highest BCUT2D eigenvalue weighted by molar-refractivity contribution is 7.98. The topological polar surface area (TPSA) is 92.5 Å². The fourth-order valence-corrected chi connectivity index (χ4v) is 5.45. The number of benzene rings is 2. The SMILES string of the molecule is CSCC[C@H](NC(=O)Cc1cccs1)C(=O)N1C(=O)C(C)c2ccccc2-c2c(N)cccc21. The summed E-state index contributed by atoms with van der Waals surface area (Å²) in [4.78, 5) is 42.5. The number of carbonyl (C=O) groups excluding carboxylic acids is 3. The van der Waals surface area contributed by atoms with Crippen LogP contribution in [0.3, 0.4) is 0 Å². The molecule has 0 fully saturated rings. The van der Waals surface area contributed by atoms with Crippen molar-refractivity contribution in [3.05, 3.63) is 70.4 Å². The van der Waals surface area contributed by atoms with E-state index in [4.69, 9.17) is 5.73 Å². The molecule has 1 aliphatic heterocycles. The molecule has 0 spiro atoms. The third-order valence-corrected chi connectivity index (χ3v) is 7.50. The van der Waals surface area contributed by atoms with Crippen LogP contribution in [0.15, 0.2) is 60.0 Å². The van der Waals surface area contributed by atoms with E-state index in [1.165, 1.54) is 16.2 Å². The van der Waals surface area contributed by atoms with Crippen molar-refractivity contribution in [1.82, 2.24) is 5.32 Å². The van der Waals surface area contributed by atoms with Gasteiger partial charge in [-0.15, -0.1) is 11.3 Å². The van der Waals surface area contributed by atoms with Crippen LogP contribution in [0.4, 0.5) is 11.4 Å². The molecule has 0 radical (unpaired) electrons. The minimum atomic E-state index is -0.827. The molecule has 34 heavy (non-hydrogen) atoms. The molecule has 6 nitrogen and oxygen atoms in total. The Hall–Kier alpha value is -3.10. The zero-order chi connectivity index (χ0) is 24.2. The third kappa shape index (κ3) is 4.74. The molecule has 2 heterocycles. The van der Waals surface area contributed by atoms with Gasteiger partial charge >= 0.3 is 0 Å². The van der Waals surface area contributed by atoms with Crippen molar-refractivity contribution in [3.8, 4) is 11.1 Å². The number of nitrogen functional groups attached to an aromatic ring is 1. The van der Waals surface area contributed by atoms with Crippen molar-refractivity contribution in [2.24, 2.45) is 0 Å². The molecular formula is C26H27N3O3S2. The van der Waals surface area contributed by atoms with Crippen molar-refractivity contribution in [3.63, 3.8) is 0 Å². The number of nitrogens with two attached hydrogens (primary N) is 1. The summed E-state index contributed by atoms with van der Waals surface area (Å²) in [5.41, 5.74) is 9.65. The first-order chi connectivity index (χ1) is 16.4. The van der Waals surface area contributed by atoms with Crippen LogP contribution >= 0.6 is 23.1 Å². The molecule has 3 amide bonds. The van der Waals surface area contributed by atoms with Crippen molar-refractivity contribution >= 4 is 52.2 Å². The summed E-state index contributed by atoms with van der Waals surface area (Å²) in [5.74, 6) is -0.895. The number of thiophene rings is 1. The summed E-state index contributed by atoms with van der Waals surface area (Å²) in [6, 6.07) is 15.8. The Morgan fingerprint density at radius 1 is 1.15 bits per heavy atom. The molecule has 0 saturated heterocycles. The Morgan fingerprint density at radius 2 is 1.94 bits per heavy atom. The summed E-state index contributed by atoms with van der Waals surface area (Å²) >= 11 is 3.08. The van der Waals surface area contributed by atoms with Gasteiger partial charge in [0, 0.05) is 16.1 Å². The van der Waals surface area contributed by atoms with E-state index in [2.05, 4.69) is 5.32 Å². The largest absolute Gasteiger partial charge is 0.398 e. The van der Waals surface area contributed by atoms with E-state index in [0.717, 1.165) is 16.0 Å². The Kier molecular flexibility index (Phi) is 7.38. The van der Waals surface area contributed by atoms with Crippen LogP contribution in [0.2, 0.25) is 0 Å². The van der Waals surface area contributed by atoms with Crippen LogP contribution in [-0.2, 0) is 20.8 Å². The standard InChI is InChI=1S/C26H27N3O3S2/c1-16-18-8-3-4-9-19(18)24-20(27)10-5-11-22(24)29(25(16)31)26(32)21(12-14-33-2)28-23(30)15-17-7-6-13-34-17/h3-11,13,16,21H,12,14-15,27H2,1-2H3,(H,28,30)/t16?,21-/m0/s1. The van der Waals surface area contributed by atoms with Crippen molar-refractivity contribution in [2.45, 2.75) is 31.7 Å². The lowest BCUT2D eigenvalue weighted by atomic mass is 9.92. The minimum Gasteiger partial charge on any atom is -0.398 e. The van der Waals surface area contributed by atoms with E-state index >= 15 is 0 Å². The normalized spacial score (nSPS) is 15.8. The van der Waals surface area contributed by atoms with Gasteiger partial charge in [0.25, 0.3) is 5.91 Å². The summed E-state index contributed by atoms with van der Waals surface area (Å²) in [7, 11) is 0. The minimum absolute atomic E-state index is 0.194. The maximum absolute atomic E-state index is 13.9. The van der Waals surface area contributed by atoms with Gasteiger partial charge in [0.15, 0.2) is 0 Å². The zero-order valence-corrected chi connectivity index (χ0v) is 20.7. The molecule has 1 unspecified atom stereocenters. The van der Waals surface area contributed by atoms with E-state index in [-0.39, 0.29) is 18.2 Å². The number of nitrogens with one attached hydrogen (secondary N) is 1. The molecule has 1 aliphatic rings. The van der Waals surface area contributed by atoms with E-state index in [1.54, 1.807) is 36.9 Å². The Labute approximate surface area is 207 Å². The van der Waals surface area contributed by atoms with Gasteiger partial charge < -0.3 is 11.1 Å². The second-order valence-electron chi connectivity index (χ2n) is 8.22. The highest BCUT2D eigenvalue weighted by atomic mass is 32.2. The molecule has 2 aromatic carbocycles. The first-order valence-electron chi connectivity index (χ1n) is 11.1. The number of amides is 3. The fraction of sp³-hybridized carbons (Fsp3) is 0.269. The van der Waals surface area contributed by atoms with Gasteiger partial charge in [-0.3, -0.25) is 14.4 Å². The fourth-order valence-electron chi connectivity index (χ4n) is 4.28. The van der Waals surface area contributed by atoms with Crippen LogP contribution in [0, 0.1) is 0 Å². The average Bonchev–Trinajstić information content (AvgIpc) is 3.31. The van der Waals surface area contributed by atoms with Crippen molar-refractivity contribution in [2.75, 3.05) is 22.6 Å². The molecule has 8 heteroatoms. The highest BCUT2D eigenvalue weighted by Crippen LogP contribution is 2.44. The molecule has 0 aliphatic carbocycles. The number of thioether (sulfide) groups is 1. The second kappa shape index (κ2) is 10.4. The van der Waals surface area contributed by atoms with Gasteiger partial charge in [-0.2, -0.15) is 11.8 Å². The molecule has 3 N–H and O–H groups in total. The van der Waals surface area contributed by atoms with Gasteiger partial charge in [0.1, 0.15) is 6.04 Å². The maximum atomic E-state index is 13.9. The molecular weight excluding hydrogens is 466 g/mol. The lowest BCUT2D eigenvalue weighted by molar-refractivity contribution is -0.131. The highest BCUT2D eigenvalue weighted by Gasteiger charge is 2.38. The molecule has 0 bridgehead atoms. The van der Waals surface area contributed by atoms with Crippen LogP contribution < -0.4 is 16.0 Å². The molecule has 3 aromatic rings. The molecule has 2 atom stereocenters. The van der Waals surface area contributed by atoms with E-state index in [0.29, 0.717) is 29.1 Å². The van der Waals surface area contributed by atoms with Crippen LogP contribution in [0.5, 0.6) is 0 Å². The summed E-state index contributed by atoms with van der Waals surface area (Å²) in [6.07, 6.45) is 2.56. The maximum Gasteiger partial charge on any atom is 0.256 e. The number of carbonyl (C=O) groups is 3.